The molecule has 0 aliphatic heterocycles. The van der Waals surface area contributed by atoms with Gasteiger partial charge in [-0.1, -0.05) is 23.1 Å². The SMILES string of the molecule is CSCCN(C)c1nnc(SCC(=O)O)s1. The van der Waals surface area contributed by atoms with Crippen molar-refractivity contribution < 1.29 is 9.90 Å². The van der Waals surface area contributed by atoms with Gasteiger partial charge < -0.3 is 10.0 Å². The first kappa shape index (κ1) is 13.6. The average Bonchev–Trinajstić information content (AvgIpc) is 2.71. The summed E-state index contributed by atoms with van der Waals surface area (Å²) in [5, 5.41) is 17.3. The van der Waals surface area contributed by atoms with Gasteiger partial charge in [0.25, 0.3) is 0 Å². The quantitative estimate of drug-likeness (QED) is 0.759. The lowest BCUT2D eigenvalue weighted by molar-refractivity contribution is -0.133. The highest BCUT2D eigenvalue weighted by molar-refractivity contribution is 8.01. The fraction of sp³-hybridized carbons (Fsp3) is 0.625. The summed E-state index contributed by atoms with van der Waals surface area (Å²) in [5.74, 6) is 0.231. The maximum absolute atomic E-state index is 10.4. The van der Waals surface area contributed by atoms with E-state index in [2.05, 4.69) is 16.5 Å². The standard InChI is InChI=1S/C8H13N3O2S3/c1-11(3-4-14-2)7-9-10-8(16-7)15-5-6(12)13/h3-5H2,1-2H3,(H,12,13). The highest BCUT2D eigenvalue weighted by Gasteiger charge is 2.09. The van der Waals surface area contributed by atoms with Gasteiger partial charge in [0.15, 0.2) is 4.34 Å². The second-order valence-corrected chi connectivity index (χ2v) is 6.11. The predicted octanol–water partition coefficient (Wildman–Crippen LogP) is 1.51. The van der Waals surface area contributed by atoms with Crippen LogP contribution in [-0.4, -0.2) is 52.6 Å². The molecule has 90 valence electrons. The van der Waals surface area contributed by atoms with E-state index in [9.17, 15) is 4.79 Å². The maximum atomic E-state index is 10.4. The first-order chi connectivity index (χ1) is 7.63. The number of thioether (sulfide) groups is 2. The molecule has 1 heterocycles. The van der Waals surface area contributed by atoms with Crippen molar-refractivity contribution in [2.75, 3.05) is 36.3 Å². The van der Waals surface area contributed by atoms with Crippen LogP contribution in [0.25, 0.3) is 0 Å². The third-order valence-corrected chi connectivity index (χ3v) is 4.42. The zero-order valence-electron chi connectivity index (χ0n) is 9.04. The molecule has 0 saturated heterocycles. The van der Waals surface area contributed by atoms with Crippen molar-refractivity contribution in [1.82, 2.24) is 10.2 Å². The highest BCUT2D eigenvalue weighted by atomic mass is 32.2. The fourth-order valence-electron chi connectivity index (χ4n) is 0.862. The molecular formula is C8H13N3O2S3. The van der Waals surface area contributed by atoms with Gasteiger partial charge in [-0.05, 0) is 6.26 Å². The van der Waals surface area contributed by atoms with E-state index in [1.165, 1.54) is 23.1 Å². The lowest BCUT2D eigenvalue weighted by Crippen LogP contribution is -2.19. The summed E-state index contributed by atoms with van der Waals surface area (Å²) in [7, 11) is 1.96. The van der Waals surface area contributed by atoms with Crippen molar-refractivity contribution in [1.29, 1.82) is 0 Å². The summed E-state index contributed by atoms with van der Waals surface area (Å²) in [4.78, 5) is 12.4. The Kier molecular flexibility index (Phi) is 5.93. The molecule has 1 aromatic rings. The molecule has 0 fully saturated rings. The molecule has 0 aromatic carbocycles. The maximum Gasteiger partial charge on any atom is 0.313 e. The van der Waals surface area contributed by atoms with Crippen LogP contribution in [0, 0.1) is 0 Å². The van der Waals surface area contributed by atoms with Gasteiger partial charge in [0.2, 0.25) is 5.13 Å². The molecule has 0 unspecified atom stereocenters. The first-order valence-corrected chi connectivity index (χ1v) is 7.71. The summed E-state index contributed by atoms with van der Waals surface area (Å²) in [6.45, 7) is 0.916. The fourth-order valence-corrected chi connectivity index (χ4v) is 2.87. The number of rotatable bonds is 7. The Balaban J connectivity index is 2.46. The van der Waals surface area contributed by atoms with Gasteiger partial charge in [0.05, 0.1) is 5.75 Å². The van der Waals surface area contributed by atoms with E-state index in [1.54, 1.807) is 11.8 Å². The Labute approximate surface area is 107 Å². The number of nitrogens with zero attached hydrogens (tertiary/aromatic N) is 3. The first-order valence-electron chi connectivity index (χ1n) is 4.51. The van der Waals surface area contributed by atoms with E-state index < -0.39 is 5.97 Å². The van der Waals surface area contributed by atoms with Crippen LogP contribution < -0.4 is 4.90 Å². The van der Waals surface area contributed by atoms with Crippen molar-refractivity contribution in [3.05, 3.63) is 0 Å². The average molecular weight is 279 g/mol. The summed E-state index contributed by atoms with van der Waals surface area (Å²) in [5.41, 5.74) is 0. The van der Waals surface area contributed by atoms with E-state index in [0.29, 0.717) is 4.34 Å². The van der Waals surface area contributed by atoms with E-state index in [0.717, 1.165) is 17.4 Å². The number of hydrogen-bond donors (Lipinski definition) is 1. The molecule has 0 spiro atoms. The number of carboxylic acids is 1. The second-order valence-electron chi connectivity index (χ2n) is 2.95. The minimum atomic E-state index is -0.836. The molecule has 8 heteroatoms. The van der Waals surface area contributed by atoms with Gasteiger partial charge in [-0.2, -0.15) is 11.8 Å². The largest absolute Gasteiger partial charge is 0.481 e. The summed E-state index contributed by atoms with van der Waals surface area (Å²) < 4.78 is 0.702. The Bertz CT molecular complexity index is 345. The number of hydrogen-bond acceptors (Lipinski definition) is 7. The summed E-state index contributed by atoms with van der Waals surface area (Å²) in [6, 6.07) is 0. The highest BCUT2D eigenvalue weighted by Crippen LogP contribution is 2.27. The minimum Gasteiger partial charge on any atom is -0.481 e. The molecule has 0 aliphatic rings. The van der Waals surface area contributed by atoms with Crippen LogP contribution in [0.1, 0.15) is 0 Å². The van der Waals surface area contributed by atoms with Gasteiger partial charge in [-0.15, -0.1) is 10.2 Å². The summed E-state index contributed by atoms with van der Waals surface area (Å²) >= 11 is 4.41. The number of aromatic nitrogens is 2. The monoisotopic (exact) mass is 279 g/mol. The van der Waals surface area contributed by atoms with Crippen molar-refractivity contribution in [3.8, 4) is 0 Å². The van der Waals surface area contributed by atoms with Crippen LogP contribution in [-0.2, 0) is 4.79 Å². The number of anilines is 1. The molecule has 0 aliphatic carbocycles. The topological polar surface area (TPSA) is 66.3 Å². The van der Waals surface area contributed by atoms with Gasteiger partial charge in [0, 0.05) is 19.3 Å². The van der Waals surface area contributed by atoms with E-state index in [-0.39, 0.29) is 5.75 Å². The van der Waals surface area contributed by atoms with Crippen LogP contribution >= 0.6 is 34.9 Å². The molecule has 0 atom stereocenters. The molecule has 0 saturated carbocycles. The lowest BCUT2D eigenvalue weighted by atomic mass is 10.7. The van der Waals surface area contributed by atoms with Crippen LogP contribution in [0.2, 0.25) is 0 Å². The molecule has 0 amide bonds. The number of aliphatic carboxylic acids is 1. The molecular weight excluding hydrogens is 266 g/mol. The van der Waals surface area contributed by atoms with Crippen LogP contribution in [0.3, 0.4) is 0 Å². The Morgan fingerprint density at radius 1 is 1.56 bits per heavy atom. The molecule has 5 nitrogen and oxygen atoms in total. The third-order valence-electron chi connectivity index (χ3n) is 1.67. The zero-order chi connectivity index (χ0) is 12.0. The van der Waals surface area contributed by atoms with Gasteiger partial charge in [-0.3, -0.25) is 4.79 Å². The Morgan fingerprint density at radius 2 is 2.31 bits per heavy atom. The molecule has 1 N–H and O–H groups in total. The van der Waals surface area contributed by atoms with Crippen LogP contribution in [0.5, 0.6) is 0 Å². The van der Waals surface area contributed by atoms with Crippen LogP contribution in [0.15, 0.2) is 4.34 Å². The van der Waals surface area contributed by atoms with E-state index in [4.69, 9.17) is 5.11 Å². The Hall–Kier alpha value is -0.470. The van der Waals surface area contributed by atoms with Crippen molar-refractivity contribution in [3.63, 3.8) is 0 Å². The van der Waals surface area contributed by atoms with E-state index in [1.807, 2.05) is 11.9 Å². The molecule has 0 bridgehead atoms. The second kappa shape index (κ2) is 6.97. The van der Waals surface area contributed by atoms with Gasteiger partial charge in [-0.25, -0.2) is 0 Å². The Morgan fingerprint density at radius 3 is 2.94 bits per heavy atom. The van der Waals surface area contributed by atoms with Gasteiger partial charge in [0.1, 0.15) is 0 Å². The molecule has 1 aromatic heterocycles. The lowest BCUT2D eigenvalue weighted by Gasteiger charge is -2.13. The zero-order valence-corrected chi connectivity index (χ0v) is 11.5. The predicted molar refractivity (Wildman–Crippen MR) is 69.9 cm³/mol. The van der Waals surface area contributed by atoms with Gasteiger partial charge >= 0.3 is 5.97 Å². The van der Waals surface area contributed by atoms with Crippen molar-refractivity contribution in [2.24, 2.45) is 0 Å². The normalized spacial score (nSPS) is 10.4. The minimum absolute atomic E-state index is 0.0309. The summed E-state index contributed by atoms with van der Waals surface area (Å²) in [6.07, 6.45) is 2.06. The molecule has 0 radical (unpaired) electrons. The van der Waals surface area contributed by atoms with E-state index >= 15 is 0 Å². The number of carbonyl (C=O) groups is 1. The third kappa shape index (κ3) is 4.58. The number of carboxylic acid groups (broad SMARTS) is 1. The van der Waals surface area contributed by atoms with Crippen molar-refractivity contribution in [2.45, 2.75) is 4.34 Å². The molecule has 1 rings (SSSR count). The van der Waals surface area contributed by atoms with Crippen molar-refractivity contribution >= 4 is 46.0 Å². The van der Waals surface area contributed by atoms with Crippen LogP contribution in [0.4, 0.5) is 5.13 Å². The smallest absolute Gasteiger partial charge is 0.313 e. The molecule has 16 heavy (non-hydrogen) atoms.